The zero-order chi connectivity index (χ0) is 12.1. The van der Waals surface area contributed by atoms with Crippen LogP contribution in [0.2, 0.25) is 0 Å². The van der Waals surface area contributed by atoms with Crippen molar-refractivity contribution in [2.75, 3.05) is 5.32 Å². The number of anilines is 1. The third kappa shape index (κ3) is 1.13. The van der Waals surface area contributed by atoms with Gasteiger partial charge in [0.15, 0.2) is 0 Å². The van der Waals surface area contributed by atoms with Gasteiger partial charge in [0.1, 0.15) is 5.75 Å². The molecule has 1 aliphatic rings. The van der Waals surface area contributed by atoms with Gasteiger partial charge in [-0.1, -0.05) is 0 Å². The highest BCUT2D eigenvalue weighted by atomic mass is 16.3. The number of benzene rings is 1. The molecule has 12 heavy (non-hydrogen) atoms. The molecule has 0 aliphatic carbocycles. The maximum Gasteiger partial charge on any atom is 0.224 e. The molecule has 1 amide bonds. The van der Waals surface area contributed by atoms with Crippen LogP contribution in [0.3, 0.4) is 0 Å². The molecular formula is C9H9NO2. The zero-order valence-electron chi connectivity index (χ0n) is 10.1. The molecule has 1 aromatic carbocycles. The van der Waals surface area contributed by atoms with E-state index < -0.39 is 18.7 Å². The summed E-state index contributed by atoms with van der Waals surface area (Å²) >= 11 is 0. The second-order valence-electron chi connectivity index (χ2n) is 2.43. The summed E-state index contributed by atoms with van der Waals surface area (Å²) in [6, 6.07) is 3.76. The summed E-state index contributed by atoms with van der Waals surface area (Å²) in [5.74, 6) is -1.19. The Morgan fingerprint density at radius 1 is 1.50 bits per heavy atom. The number of aryl methyl sites for hydroxylation is 1. The Bertz CT molecular complexity index is 473. The first-order valence-electron chi connectivity index (χ1n) is 5.42. The fourth-order valence-electron chi connectivity index (χ4n) is 1.02. The predicted molar refractivity (Wildman–Crippen MR) is 45.1 cm³/mol. The Morgan fingerprint density at radius 3 is 3.17 bits per heavy atom. The van der Waals surface area contributed by atoms with Crippen LogP contribution in [0.4, 0.5) is 5.69 Å². The van der Waals surface area contributed by atoms with Crippen LogP contribution < -0.4 is 5.32 Å². The standard InChI is InChI=1S/C9H9NO2/c11-7-2-3-8-6(5-7)1-4-9(12)10-8/h2-3,5,11H,1,4H2,(H,10,12)/i1D2,4D2. The molecule has 0 fully saturated rings. The summed E-state index contributed by atoms with van der Waals surface area (Å²) in [6.07, 6.45) is -5.13. The number of rotatable bonds is 0. The lowest BCUT2D eigenvalue weighted by Crippen LogP contribution is -2.18. The van der Waals surface area contributed by atoms with Crippen molar-refractivity contribution in [3.05, 3.63) is 23.8 Å². The second-order valence-corrected chi connectivity index (χ2v) is 2.43. The van der Waals surface area contributed by atoms with Crippen LogP contribution >= 0.6 is 0 Å². The molecule has 1 heterocycles. The van der Waals surface area contributed by atoms with E-state index in [4.69, 9.17) is 5.48 Å². The molecule has 0 radical (unpaired) electrons. The number of hydrogen-bond donors (Lipinski definition) is 2. The van der Waals surface area contributed by atoms with Gasteiger partial charge in [0, 0.05) is 17.5 Å². The Hall–Kier alpha value is -1.51. The Kier molecular flexibility index (Phi) is 0.825. The summed E-state index contributed by atoms with van der Waals surface area (Å²) in [6.45, 7) is 0. The molecule has 0 atom stereocenters. The molecule has 1 aromatic rings. The summed E-state index contributed by atoms with van der Waals surface area (Å²) in [5.41, 5.74) is 0.125. The summed E-state index contributed by atoms with van der Waals surface area (Å²) < 4.78 is 30.2. The lowest BCUT2D eigenvalue weighted by atomic mass is 10.0. The minimum Gasteiger partial charge on any atom is -0.508 e. The van der Waals surface area contributed by atoms with Crippen molar-refractivity contribution in [2.45, 2.75) is 12.7 Å². The van der Waals surface area contributed by atoms with Gasteiger partial charge in [-0.3, -0.25) is 4.79 Å². The van der Waals surface area contributed by atoms with Crippen molar-refractivity contribution in [1.82, 2.24) is 0 Å². The first-order valence-corrected chi connectivity index (χ1v) is 3.42. The SMILES string of the molecule is [2H]C1([2H])C(=O)Nc2ccc(O)cc2C1([2H])[2H]. The lowest BCUT2D eigenvalue weighted by molar-refractivity contribution is -0.116. The third-order valence-electron chi connectivity index (χ3n) is 1.56. The average molecular weight is 167 g/mol. The molecule has 3 heteroatoms. The number of amides is 1. The van der Waals surface area contributed by atoms with E-state index in [1.54, 1.807) is 0 Å². The highest BCUT2D eigenvalue weighted by Gasteiger charge is 2.13. The van der Waals surface area contributed by atoms with Gasteiger partial charge >= 0.3 is 0 Å². The number of nitrogens with one attached hydrogen (secondary N) is 1. The van der Waals surface area contributed by atoms with E-state index in [0.29, 0.717) is 0 Å². The molecule has 0 unspecified atom stereocenters. The number of carbonyl (C=O) groups excluding carboxylic acids is 1. The first-order chi connectivity index (χ1) is 7.26. The summed E-state index contributed by atoms with van der Waals surface area (Å²) in [7, 11) is 0. The van der Waals surface area contributed by atoms with Gasteiger partial charge in [-0.15, -0.1) is 0 Å². The highest BCUT2D eigenvalue weighted by molar-refractivity contribution is 5.93. The predicted octanol–water partition coefficient (Wildman–Crippen LogP) is 1.28. The first kappa shape index (κ1) is 3.94. The van der Waals surface area contributed by atoms with Gasteiger partial charge in [0.2, 0.25) is 5.91 Å². The smallest absolute Gasteiger partial charge is 0.224 e. The Labute approximate surface area is 75.6 Å². The quantitative estimate of drug-likeness (QED) is 0.572. The average Bonchev–Trinajstić information content (AvgIpc) is 2.18. The Morgan fingerprint density at radius 2 is 2.33 bits per heavy atom. The van der Waals surface area contributed by atoms with Crippen molar-refractivity contribution < 1.29 is 15.4 Å². The Balaban J connectivity index is 2.68. The largest absolute Gasteiger partial charge is 0.508 e. The van der Waals surface area contributed by atoms with Gasteiger partial charge in [-0.2, -0.15) is 0 Å². The number of phenols is 1. The van der Waals surface area contributed by atoms with Gasteiger partial charge in [-0.25, -0.2) is 0 Å². The fourth-order valence-corrected chi connectivity index (χ4v) is 1.02. The molecule has 0 spiro atoms. The molecule has 0 saturated carbocycles. The minimum atomic E-state index is -2.66. The normalized spacial score (nSPS) is 28.5. The van der Waals surface area contributed by atoms with Gasteiger partial charge < -0.3 is 10.4 Å². The monoisotopic (exact) mass is 167 g/mol. The van der Waals surface area contributed by atoms with E-state index in [1.165, 1.54) is 12.1 Å². The zero-order valence-corrected chi connectivity index (χ0v) is 6.09. The number of fused-ring (bicyclic) bond motifs is 1. The molecular weight excluding hydrogens is 154 g/mol. The maximum atomic E-state index is 11.4. The van der Waals surface area contributed by atoms with Gasteiger partial charge in [-0.05, 0) is 30.1 Å². The van der Waals surface area contributed by atoms with Crippen LogP contribution in [0, 0.1) is 0 Å². The van der Waals surface area contributed by atoms with E-state index in [1.807, 2.05) is 0 Å². The summed E-state index contributed by atoms with van der Waals surface area (Å²) in [4.78, 5) is 11.4. The van der Waals surface area contributed by atoms with Crippen LogP contribution in [-0.2, 0) is 11.2 Å². The fraction of sp³-hybridized carbons (Fsp3) is 0.222. The van der Waals surface area contributed by atoms with E-state index >= 15 is 0 Å². The molecule has 2 rings (SSSR count). The van der Waals surface area contributed by atoms with Crippen LogP contribution in [0.15, 0.2) is 18.2 Å². The van der Waals surface area contributed by atoms with E-state index in [-0.39, 0.29) is 17.0 Å². The van der Waals surface area contributed by atoms with Crippen LogP contribution in [0.5, 0.6) is 5.75 Å². The van der Waals surface area contributed by atoms with Gasteiger partial charge in [0.25, 0.3) is 0 Å². The van der Waals surface area contributed by atoms with Crippen LogP contribution in [-0.4, -0.2) is 11.0 Å². The number of carbonyl (C=O) groups is 1. The van der Waals surface area contributed by atoms with Crippen LogP contribution in [0.1, 0.15) is 17.4 Å². The highest BCUT2D eigenvalue weighted by Crippen LogP contribution is 2.25. The lowest BCUT2D eigenvalue weighted by Gasteiger charge is -2.16. The van der Waals surface area contributed by atoms with Crippen molar-refractivity contribution in [3.8, 4) is 5.75 Å². The second kappa shape index (κ2) is 2.52. The molecule has 0 aromatic heterocycles. The molecule has 3 nitrogen and oxygen atoms in total. The minimum absolute atomic E-state index is 0.0582. The molecule has 1 aliphatic heterocycles. The molecule has 2 N–H and O–H groups in total. The van der Waals surface area contributed by atoms with Crippen molar-refractivity contribution in [2.24, 2.45) is 0 Å². The number of aromatic hydroxyl groups is 1. The van der Waals surface area contributed by atoms with Crippen molar-refractivity contribution in [1.29, 1.82) is 0 Å². The summed E-state index contributed by atoms with van der Waals surface area (Å²) in [5, 5.41) is 11.5. The van der Waals surface area contributed by atoms with Crippen molar-refractivity contribution in [3.63, 3.8) is 0 Å². The van der Waals surface area contributed by atoms with Gasteiger partial charge in [0.05, 0.1) is 0 Å². The van der Waals surface area contributed by atoms with Crippen LogP contribution in [0.25, 0.3) is 0 Å². The number of hydrogen-bond acceptors (Lipinski definition) is 2. The topological polar surface area (TPSA) is 49.3 Å². The van der Waals surface area contributed by atoms with Crippen molar-refractivity contribution >= 4 is 11.6 Å². The van der Waals surface area contributed by atoms with E-state index in [0.717, 1.165) is 6.07 Å². The maximum absolute atomic E-state index is 11.4. The molecule has 62 valence electrons. The molecule has 0 bridgehead atoms. The molecule has 0 saturated heterocycles. The van der Waals surface area contributed by atoms with E-state index in [9.17, 15) is 9.90 Å². The third-order valence-corrected chi connectivity index (χ3v) is 1.56. The van der Waals surface area contributed by atoms with E-state index in [2.05, 4.69) is 5.32 Å². The number of phenolic OH excluding ortho intramolecular Hbond substituents is 1.